The number of carbonyl (C=O) groups is 1. The molecule has 0 unspecified atom stereocenters. The number of anilines is 3. The van der Waals surface area contributed by atoms with Crippen molar-refractivity contribution in [2.45, 2.75) is 6.92 Å². The highest BCUT2D eigenvalue weighted by Gasteiger charge is 2.14. The molecule has 1 saturated heterocycles. The molecule has 0 aliphatic carbocycles. The van der Waals surface area contributed by atoms with E-state index in [0.717, 1.165) is 44.0 Å². The van der Waals surface area contributed by atoms with Crippen molar-refractivity contribution in [1.29, 1.82) is 0 Å². The van der Waals surface area contributed by atoms with Crippen LogP contribution >= 0.6 is 0 Å². The minimum Gasteiger partial charge on any atom is -0.492 e. The predicted molar refractivity (Wildman–Crippen MR) is 149 cm³/mol. The fraction of sp³-hybridized carbons (Fsp3) is 0.233. The first-order valence-electron chi connectivity index (χ1n) is 12.8. The summed E-state index contributed by atoms with van der Waals surface area (Å²) >= 11 is 0. The largest absolute Gasteiger partial charge is 0.492 e. The van der Waals surface area contributed by atoms with Crippen molar-refractivity contribution in [3.63, 3.8) is 0 Å². The Morgan fingerprint density at radius 1 is 1.03 bits per heavy atom. The molecule has 1 aliphatic rings. The van der Waals surface area contributed by atoms with Gasteiger partial charge in [-0.15, -0.1) is 0 Å². The van der Waals surface area contributed by atoms with Gasteiger partial charge in [0.2, 0.25) is 5.95 Å². The molecule has 3 aromatic carbocycles. The fourth-order valence-electron chi connectivity index (χ4n) is 4.20. The number of rotatable bonds is 9. The molecule has 8 nitrogen and oxygen atoms in total. The highest BCUT2D eigenvalue weighted by molar-refractivity contribution is 6.05. The molecule has 0 radical (unpaired) electrons. The van der Waals surface area contributed by atoms with Crippen molar-refractivity contribution in [1.82, 2.24) is 14.9 Å². The first-order valence-corrected chi connectivity index (χ1v) is 12.8. The number of benzene rings is 3. The smallest absolute Gasteiger partial charge is 0.255 e. The average Bonchev–Trinajstić information content (AvgIpc) is 2.97. The number of nitrogens with zero attached hydrogens (tertiary/aromatic N) is 3. The van der Waals surface area contributed by atoms with E-state index < -0.39 is 11.7 Å². The van der Waals surface area contributed by atoms with E-state index in [4.69, 9.17) is 9.47 Å². The number of ether oxygens (including phenoxy) is 2. The zero-order valence-corrected chi connectivity index (χ0v) is 21.7. The van der Waals surface area contributed by atoms with Gasteiger partial charge >= 0.3 is 0 Å². The third-order valence-electron chi connectivity index (χ3n) is 6.44. The number of carbonyl (C=O) groups excluding carboxylic acids is 1. The zero-order valence-electron chi connectivity index (χ0n) is 21.7. The Bertz CT molecular complexity index is 1430. The molecule has 1 aliphatic heterocycles. The summed E-state index contributed by atoms with van der Waals surface area (Å²) in [6.45, 7) is 6.52. The van der Waals surface area contributed by atoms with E-state index in [1.54, 1.807) is 24.4 Å². The summed E-state index contributed by atoms with van der Waals surface area (Å²) in [5, 5.41) is 5.77. The SMILES string of the molecule is Cc1ccc(OCCN2CCOCC2)cc1NC(=O)c1ccc(Nc2nccc(-c3ccccc3)n2)c(F)c1. The van der Waals surface area contributed by atoms with Crippen LogP contribution in [0.15, 0.2) is 79.0 Å². The van der Waals surface area contributed by atoms with E-state index in [2.05, 4.69) is 25.5 Å². The number of hydrogen-bond acceptors (Lipinski definition) is 7. The molecule has 0 bridgehead atoms. The van der Waals surface area contributed by atoms with Crippen molar-refractivity contribution < 1.29 is 18.7 Å². The van der Waals surface area contributed by atoms with E-state index in [-0.39, 0.29) is 17.2 Å². The zero-order chi connectivity index (χ0) is 27.0. The molecule has 5 rings (SSSR count). The van der Waals surface area contributed by atoms with Crippen LogP contribution in [0.25, 0.3) is 11.3 Å². The second-order valence-corrected chi connectivity index (χ2v) is 9.18. The highest BCUT2D eigenvalue weighted by atomic mass is 19.1. The first-order chi connectivity index (χ1) is 19.0. The average molecular weight is 528 g/mol. The molecule has 9 heteroatoms. The molecule has 0 spiro atoms. The van der Waals surface area contributed by atoms with E-state index in [1.165, 1.54) is 12.1 Å². The molecule has 1 amide bonds. The fourth-order valence-corrected chi connectivity index (χ4v) is 4.20. The first kappa shape index (κ1) is 26.3. The monoisotopic (exact) mass is 527 g/mol. The third-order valence-corrected chi connectivity index (χ3v) is 6.44. The van der Waals surface area contributed by atoms with Gasteiger partial charge in [0.25, 0.3) is 5.91 Å². The molecule has 200 valence electrons. The Morgan fingerprint density at radius 3 is 2.64 bits per heavy atom. The summed E-state index contributed by atoms with van der Waals surface area (Å²) in [5.74, 6) is -0.0919. The Balaban J connectivity index is 1.21. The van der Waals surface area contributed by atoms with Crippen molar-refractivity contribution in [3.8, 4) is 17.0 Å². The number of halogens is 1. The number of aromatic nitrogens is 2. The minimum atomic E-state index is -0.590. The molecule has 2 N–H and O–H groups in total. The Labute approximate surface area is 226 Å². The maximum absolute atomic E-state index is 15.0. The number of hydrogen-bond donors (Lipinski definition) is 2. The topological polar surface area (TPSA) is 88.6 Å². The highest BCUT2D eigenvalue weighted by Crippen LogP contribution is 2.25. The summed E-state index contributed by atoms with van der Waals surface area (Å²) in [6.07, 6.45) is 1.61. The van der Waals surface area contributed by atoms with Crippen LogP contribution in [0.2, 0.25) is 0 Å². The molecule has 1 fully saturated rings. The van der Waals surface area contributed by atoms with Crippen molar-refractivity contribution >= 4 is 23.2 Å². The van der Waals surface area contributed by atoms with Crippen molar-refractivity contribution in [2.75, 3.05) is 50.1 Å². The summed E-state index contributed by atoms with van der Waals surface area (Å²) in [4.78, 5) is 23.9. The van der Waals surface area contributed by atoms with Crippen LogP contribution in [-0.4, -0.2) is 60.2 Å². The van der Waals surface area contributed by atoms with Gasteiger partial charge in [0.15, 0.2) is 0 Å². The van der Waals surface area contributed by atoms with Gasteiger partial charge in [-0.25, -0.2) is 14.4 Å². The van der Waals surface area contributed by atoms with Crippen LogP contribution in [0.5, 0.6) is 5.75 Å². The third kappa shape index (κ3) is 6.95. The number of morpholine rings is 1. The van der Waals surface area contributed by atoms with Crippen LogP contribution in [-0.2, 0) is 4.74 Å². The van der Waals surface area contributed by atoms with Gasteiger partial charge in [-0.05, 0) is 42.8 Å². The van der Waals surface area contributed by atoms with Crippen LogP contribution in [0.4, 0.5) is 21.7 Å². The summed E-state index contributed by atoms with van der Waals surface area (Å²) in [7, 11) is 0. The summed E-state index contributed by atoms with van der Waals surface area (Å²) in [6, 6.07) is 21.2. The van der Waals surface area contributed by atoms with Crippen LogP contribution in [0.3, 0.4) is 0 Å². The maximum atomic E-state index is 15.0. The van der Waals surface area contributed by atoms with Crippen molar-refractivity contribution in [2.24, 2.45) is 0 Å². The van der Waals surface area contributed by atoms with Gasteiger partial charge in [0.1, 0.15) is 18.2 Å². The lowest BCUT2D eigenvalue weighted by Crippen LogP contribution is -2.38. The van der Waals surface area contributed by atoms with Crippen LogP contribution in [0.1, 0.15) is 15.9 Å². The second kappa shape index (κ2) is 12.5. The lowest BCUT2D eigenvalue weighted by Gasteiger charge is -2.26. The molecular weight excluding hydrogens is 497 g/mol. The number of aryl methyl sites for hydroxylation is 1. The normalized spacial score (nSPS) is 13.6. The maximum Gasteiger partial charge on any atom is 0.255 e. The second-order valence-electron chi connectivity index (χ2n) is 9.18. The lowest BCUT2D eigenvalue weighted by atomic mass is 10.1. The van der Waals surface area contributed by atoms with E-state index >= 15 is 0 Å². The molecule has 0 saturated carbocycles. The molecule has 2 heterocycles. The number of nitrogens with one attached hydrogen (secondary N) is 2. The molecule has 4 aromatic rings. The van der Waals surface area contributed by atoms with Gasteiger partial charge in [-0.3, -0.25) is 9.69 Å². The molecule has 1 aromatic heterocycles. The van der Waals surface area contributed by atoms with E-state index in [1.807, 2.05) is 49.4 Å². The van der Waals surface area contributed by atoms with Crippen LogP contribution < -0.4 is 15.4 Å². The van der Waals surface area contributed by atoms with Crippen LogP contribution in [0, 0.1) is 12.7 Å². The summed E-state index contributed by atoms with van der Waals surface area (Å²) < 4.78 is 26.2. The summed E-state index contributed by atoms with van der Waals surface area (Å²) in [5.41, 5.74) is 3.49. The predicted octanol–water partition coefficient (Wildman–Crippen LogP) is 5.30. The van der Waals surface area contributed by atoms with Gasteiger partial charge in [0, 0.05) is 48.7 Å². The molecular formula is C30H30FN5O3. The van der Waals surface area contributed by atoms with Gasteiger partial charge in [0.05, 0.1) is 24.6 Å². The Hall–Kier alpha value is -4.34. The van der Waals surface area contributed by atoms with E-state index in [9.17, 15) is 9.18 Å². The minimum absolute atomic E-state index is 0.170. The van der Waals surface area contributed by atoms with Gasteiger partial charge in [-0.2, -0.15) is 0 Å². The standard InChI is InChI=1S/C30H30FN5O3/c1-21-7-9-24(39-18-15-36-13-16-38-17-14-36)20-28(21)33-29(37)23-8-10-27(25(31)19-23)35-30-32-12-11-26(34-30)22-5-3-2-4-6-22/h2-12,19-20H,13-18H2,1H3,(H,33,37)(H,32,34,35). The lowest BCUT2D eigenvalue weighted by molar-refractivity contribution is 0.0322. The quantitative estimate of drug-likeness (QED) is 0.305. The van der Waals surface area contributed by atoms with Crippen molar-refractivity contribution in [3.05, 3.63) is 95.9 Å². The molecule has 0 atom stereocenters. The van der Waals surface area contributed by atoms with E-state index in [0.29, 0.717) is 23.7 Å². The molecule has 39 heavy (non-hydrogen) atoms. The van der Waals surface area contributed by atoms with Gasteiger partial charge in [-0.1, -0.05) is 36.4 Å². The number of amides is 1. The van der Waals surface area contributed by atoms with Gasteiger partial charge < -0.3 is 20.1 Å². The Kier molecular flexibility index (Phi) is 8.40. The Morgan fingerprint density at radius 2 is 1.85 bits per heavy atom.